The Morgan fingerprint density at radius 2 is 2.06 bits per heavy atom. The Morgan fingerprint density at radius 3 is 2.84 bits per heavy atom. The number of hydrogen-bond acceptors (Lipinski definition) is 5. The summed E-state index contributed by atoms with van der Waals surface area (Å²) in [5, 5.41) is 25.8. The van der Waals surface area contributed by atoms with Crippen LogP contribution in [-0.4, -0.2) is 39.0 Å². The Labute approximate surface area is 188 Å². The second-order valence-electron chi connectivity index (χ2n) is 8.07. The zero-order valence-corrected chi connectivity index (χ0v) is 18.7. The van der Waals surface area contributed by atoms with Crippen molar-refractivity contribution in [1.82, 2.24) is 25.4 Å². The number of aryl methyl sites for hydroxylation is 2. The summed E-state index contributed by atoms with van der Waals surface area (Å²) in [6.45, 7) is 5.27. The Kier molecular flexibility index (Phi) is 6.70. The van der Waals surface area contributed by atoms with Gasteiger partial charge in [0.05, 0.1) is 18.8 Å². The number of nitrogens with one attached hydrogen (secondary N) is 2. The lowest BCUT2D eigenvalue weighted by Crippen LogP contribution is -2.42. The number of guanidine groups is 1. The number of para-hydroxylation sites is 1. The molecular weight excluding hydrogens is 404 g/mol. The molecule has 2 unspecified atom stereocenters. The van der Waals surface area contributed by atoms with Crippen molar-refractivity contribution < 1.29 is 9.84 Å². The minimum atomic E-state index is -0.652. The molecule has 0 saturated carbocycles. The topological polar surface area (TPSA) is 96.6 Å². The van der Waals surface area contributed by atoms with Crippen molar-refractivity contribution in [3.63, 3.8) is 0 Å². The first-order valence-electron chi connectivity index (χ1n) is 10.9. The molecule has 1 aromatic heterocycles. The van der Waals surface area contributed by atoms with Gasteiger partial charge >= 0.3 is 0 Å². The van der Waals surface area contributed by atoms with E-state index in [0.29, 0.717) is 25.7 Å². The summed E-state index contributed by atoms with van der Waals surface area (Å²) in [5.41, 5.74) is 3.09. The van der Waals surface area contributed by atoms with E-state index >= 15 is 0 Å². The van der Waals surface area contributed by atoms with Crippen LogP contribution in [-0.2, 0) is 13.6 Å². The zero-order valence-electron chi connectivity index (χ0n) is 18.7. The second kappa shape index (κ2) is 9.82. The number of hydrogen-bond donors (Lipinski definition) is 3. The quantitative estimate of drug-likeness (QED) is 0.408. The molecule has 8 nitrogen and oxygen atoms in total. The Bertz CT molecular complexity index is 1090. The average Bonchev–Trinajstić information content (AvgIpc) is 3.13. The van der Waals surface area contributed by atoms with E-state index in [9.17, 15) is 5.11 Å². The Hall–Kier alpha value is -3.39. The van der Waals surface area contributed by atoms with Gasteiger partial charge in [-0.15, -0.1) is 10.2 Å². The van der Waals surface area contributed by atoms with Gasteiger partial charge in [-0.25, -0.2) is 4.99 Å². The minimum Gasteiger partial charge on any atom is -0.493 e. The van der Waals surface area contributed by atoms with Crippen LogP contribution < -0.4 is 15.4 Å². The highest BCUT2D eigenvalue weighted by Crippen LogP contribution is 2.31. The molecule has 0 fully saturated rings. The molecule has 2 heterocycles. The Morgan fingerprint density at radius 1 is 1.22 bits per heavy atom. The number of aliphatic hydroxyl groups excluding tert-OH is 1. The first-order valence-corrected chi connectivity index (χ1v) is 10.9. The van der Waals surface area contributed by atoms with Crippen LogP contribution in [0, 0.1) is 13.8 Å². The standard InChI is InChI=1S/C24H30N6O2/c1-16-7-6-8-18(13-16)21(31)14-25-24(26-15-23-29-28-17(2)30(23)3)27-20-11-12-32-22-10-5-4-9-19(20)22/h4-10,13,20-21,31H,11-12,14-15H2,1-3H3,(H2,25,26,27). The molecule has 2 aromatic carbocycles. The number of benzene rings is 2. The van der Waals surface area contributed by atoms with Crippen molar-refractivity contribution in [1.29, 1.82) is 0 Å². The predicted octanol–water partition coefficient (Wildman–Crippen LogP) is 2.72. The van der Waals surface area contributed by atoms with E-state index in [2.05, 4.69) is 26.9 Å². The van der Waals surface area contributed by atoms with Crippen LogP contribution in [0.1, 0.15) is 46.9 Å². The molecule has 0 amide bonds. The smallest absolute Gasteiger partial charge is 0.192 e. The van der Waals surface area contributed by atoms with Crippen molar-refractivity contribution in [3.8, 4) is 5.75 Å². The summed E-state index contributed by atoms with van der Waals surface area (Å²) in [4.78, 5) is 4.74. The van der Waals surface area contributed by atoms with Crippen molar-refractivity contribution >= 4 is 5.96 Å². The highest BCUT2D eigenvalue weighted by atomic mass is 16.5. The zero-order chi connectivity index (χ0) is 22.5. The van der Waals surface area contributed by atoms with Gasteiger partial charge in [0.2, 0.25) is 0 Å². The highest BCUT2D eigenvalue weighted by molar-refractivity contribution is 5.80. The van der Waals surface area contributed by atoms with E-state index in [1.54, 1.807) is 0 Å². The van der Waals surface area contributed by atoms with Gasteiger partial charge < -0.3 is 25.0 Å². The van der Waals surface area contributed by atoms with Gasteiger partial charge in [0.15, 0.2) is 11.8 Å². The van der Waals surface area contributed by atoms with Crippen LogP contribution in [0.5, 0.6) is 5.75 Å². The largest absolute Gasteiger partial charge is 0.493 e. The van der Waals surface area contributed by atoms with Crippen LogP contribution in [0.4, 0.5) is 0 Å². The molecule has 4 rings (SSSR count). The number of aromatic nitrogens is 3. The lowest BCUT2D eigenvalue weighted by Gasteiger charge is -2.28. The summed E-state index contributed by atoms with van der Waals surface area (Å²) in [7, 11) is 1.93. The third kappa shape index (κ3) is 5.08. The van der Waals surface area contributed by atoms with E-state index in [1.165, 1.54) is 0 Å². The van der Waals surface area contributed by atoms with E-state index < -0.39 is 6.10 Å². The summed E-state index contributed by atoms with van der Waals surface area (Å²) in [6, 6.07) is 16.0. The maximum atomic E-state index is 10.7. The summed E-state index contributed by atoms with van der Waals surface area (Å²) >= 11 is 0. The molecule has 0 aliphatic carbocycles. The molecule has 168 valence electrons. The maximum absolute atomic E-state index is 10.7. The lowest BCUT2D eigenvalue weighted by atomic mass is 10.0. The molecule has 0 bridgehead atoms. The molecule has 1 aliphatic rings. The lowest BCUT2D eigenvalue weighted by molar-refractivity contribution is 0.180. The van der Waals surface area contributed by atoms with Crippen LogP contribution in [0.3, 0.4) is 0 Å². The summed E-state index contributed by atoms with van der Waals surface area (Å²) in [6.07, 6.45) is 0.169. The minimum absolute atomic E-state index is 0.0588. The van der Waals surface area contributed by atoms with Crippen LogP contribution in [0.15, 0.2) is 53.5 Å². The molecule has 0 saturated heterocycles. The van der Waals surface area contributed by atoms with E-state index in [-0.39, 0.29) is 6.04 Å². The summed E-state index contributed by atoms with van der Waals surface area (Å²) in [5.74, 6) is 3.11. The van der Waals surface area contributed by atoms with E-state index in [0.717, 1.165) is 40.5 Å². The van der Waals surface area contributed by atoms with Gasteiger partial charge in [-0.2, -0.15) is 0 Å². The number of ether oxygens (including phenoxy) is 1. The molecule has 0 spiro atoms. The second-order valence-corrected chi connectivity index (χ2v) is 8.07. The van der Waals surface area contributed by atoms with Gasteiger partial charge in [-0.05, 0) is 25.5 Å². The number of rotatable bonds is 6. The van der Waals surface area contributed by atoms with Crippen LogP contribution >= 0.6 is 0 Å². The fraction of sp³-hybridized carbons (Fsp3) is 0.375. The van der Waals surface area contributed by atoms with Gasteiger partial charge in [-0.3, -0.25) is 0 Å². The number of fused-ring (bicyclic) bond motifs is 1. The fourth-order valence-corrected chi connectivity index (χ4v) is 3.74. The van der Waals surface area contributed by atoms with Crippen molar-refractivity contribution in [2.45, 2.75) is 39.0 Å². The molecular formula is C24H30N6O2. The Balaban J connectivity index is 1.51. The van der Waals surface area contributed by atoms with Gasteiger partial charge in [0.1, 0.15) is 18.1 Å². The third-order valence-electron chi connectivity index (χ3n) is 5.72. The van der Waals surface area contributed by atoms with E-state index in [4.69, 9.17) is 9.73 Å². The molecule has 32 heavy (non-hydrogen) atoms. The van der Waals surface area contributed by atoms with Crippen molar-refractivity contribution in [2.75, 3.05) is 13.2 Å². The molecule has 8 heteroatoms. The fourth-order valence-electron chi connectivity index (χ4n) is 3.74. The molecule has 3 N–H and O–H groups in total. The average molecular weight is 435 g/mol. The predicted molar refractivity (Wildman–Crippen MR) is 123 cm³/mol. The number of aliphatic hydroxyl groups is 1. The monoisotopic (exact) mass is 434 g/mol. The van der Waals surface area contributed by atoms with Gasteiger partial charge in [0.25, 0.3) is 0 Å². The van der Waals surface area contributed by atoms with Crippen LogP contribution in [0.2, 0.25) is 0 Å². The maximum Gasteiger partial charge on any atom is 0.192 e. The SMILES string of the molecule is Cc1cccc(C(O)CNC(=NCc2nnc(C)n2C)NC2CCOc3ccccc32)c1. The highest BCUT2D eigenvalue weighted by Gasteiger charge is 2.22. The van der Waals surface area contributed by atoms with Gasteiger partial charge in [-0.1, -0.05) is 48.0 Å². The number of nitrogens with zero attached hydrogens (tertiary/aromatic N) is 4. The molecule has 1 aliphatic heterocycles. The summed E-state index contributed by atoms with van der Waals surface area (Å²) < 4.78 is 7.71. The third-order valence-corrected chi connectivity index (χ3v) is 5.72. The first-order chi connectivity index (χ1) is 15.5. The van der Waals surface area contributed by atoms with Crippen molar-refractivity contribution in [3.05, 3.63) is 76.9 Å². The number of aliphatic imine (C=N–C) groups is 1. The molecule has 0 radical (unpaired) electrons. The first kappa shape index (κ1) is 21.8. The van der Waals surface area contributed by atoms with Crippen molar-refractivity contribution in [2.24, 2.45) is 12.0 Å². The molecule has 2 atom stereocenters. The van der Waals surface area contributed by atoms with Crippen LogP contribution in [0.25, 0.3) is 0 Å². The van der Waals surface area contributed by atoms with Gasteiger partial charge in [0, 0.05) is 25.6 Å². The molecule has 3 aromatic rings. The normalized spacial score (nSPS) is 16.8. The van der Waals surface area contributed by atoms with E-state index in [1.807, 2.05) is 67.9 Å².